The van der Waals surface area contributed by atoms with Crippen molar-refractivity contribution in [2.45, 2.75) is 12.3 Å². The number of anilines is 1. The number of amides is 2. The van der Waals surface area contributed by atoms with E-state index in [4.69, 9.17) is 17.3 Å². The van der Waals surface area contributed by atoms with Gasteiger partial charge in [-0.25, -0.2) is 0 Å². The molecule has 0 unspecified atom stereocenters. The average molecular weight is 303 g/mol. The maximum atomic E-state index is 12.1. The fourth-order valence-electron chi connectivity index (χ4n) is 1.91. The summed E-state index contributed by atoms with van der Waals surface area (Å²) in [7, 11) is 0. The van der Waals surface area contributed by atoms with Gasteiger partial charge in [-0.05, 0) is 35.4 Å². The van der Waals surface area contributed by atoms with Crippen molar-refractivity contribution in [3.8, 4) is 0 Å². The molecular weight excluding hydrogens is 288 g/mol. The highest BCUT2D eigenvalue weighted by Gasteiger charge is 2.07. The number of benzene rings is 2. The molecule has 2 amide bonds. The lowest BCUT2D eigenvalue weighted by atomic mass is 10.1. The standard InChI is InChI=1S/C16H15ClN2O2/c17-10-12-2-1-3-13(8-12)16(21)19-14-6-4-11(5-7-14)9-15(18)20/h1-8H,9-10H2,(H2,18,20)(H,19,21). The van der Waals surface area contributed by atoms with E-state index in [9.17, 15) is 9.59 Å². The second kappa shape index (κ2) is 6.90. The summed E-state index contributed by atoms with van der Waals surface area (Å²) in [4.78, 5) is 22.9. The van der Waals surface area contributed by atoms with Gasteiger partial charge in [0.1, 0.15) is 0 Å². The summed E-state index contributed by atoms with van der Waals surface area (Å²) >= 11 is 5.75. The molecule has 0 aliphatic carbocycles. The normalized spacial score (nSPS) is 10.1. The van der Waals surface area contributed by atoms with E-state index < -0.39 is 0 Å². The molecule has 3 N–H and O–H groups in total. The molecule has 0 spiro atoms. The summed E-state index contributed by atoms with van der Waals surface area (Å²) in [6.45, 7) is 0. The third kappa shape index (κ3) is 4.33. The molecule has 0 heterocycles. The first-order valence-electron chi connectivity index (χ1n) is 6.42. The highest BCUT2D eigenvalue weighted by molar-refractivity contribution is 6.17. The van der Waals surface area contributed by atoms with Crippen LogP contribution in [0.5, 0.6) is 0 Å². The van der Waals surface area contributed by atoms with Gasteiger partial charge in [-0.15, -0.1) is 11.6 Å². The second-order valence-corrected chi connectivity index (χ2v) is 4.90. The predicted octanol–water partition coefficient (Wildman–Crippen LogP) is 2.71. The van der Waals surface area contributed by atoms with Crippen molar-refractivity contribution < 1.29 is 9.59 Å². The zero-order valence-corrected chi connectivity index (χ0v) is 12.1. The number of alkyl halides is 1. The zero-order chi connectivity index (χ0) is 15.2. The number of carbonyl (C=O) groups is 2. The quantitative estimate of drug-likeness (QED) is 0.834. The van der Waals surface area contributed by atoms with Gasteiger partial charge < -0.3 is 11.1 Å². The molecule has 5 heteroatoms. The van der Waals surface area contributed by atoms with Gasteiger partial charge >= 0.3 is 0 Å². The number of carbonyl (C=O) groups excluding carboxylic acids is 2. The molecule has 0 atom stereocenters. The van der Waals surface area contributed by atoms with Crippen molar-refractivity contribution >= 4 is 29.1 Å². The highest BCUT2D eigenvalue weighted by atomic mass is 35.5. The van der Waals surface area contributed by atoms with Crippen molar-refractivity contribution in [1.82, 2.24) is 0 Å². The third-order valence-corrected chi connectivity index (χ3v) is 3.24. The van der Waals surface area contributed by atoms with Crippen LogP contribution in [0.4, 0.5) is 5.69 Å². The van der Waals surface area contributed by atoms with Gasteiger partial charge in [0.25, 0.3) is 5.91 Å². The van der Waals surface area contributed by atoms with Gasteiger partial charge in [0.2, 0.25) is 5.91 Å². The van der Waals surface area contributed by atoms with E-state index in [-0.39, 0.29) is 18.2 Å². The molecule has 2 aromatic rings. The Morgan fingerprint density at radius 1 is 1.05 bits per heavy atom. The van der Waals surface area contributed by atoms with Crippen LogP contribution >= 0.6 is 11.6 Å². The molecule has 0 radical (unpaired) electrons. The van der Waals surface area contributed by atoms with E-state index >= 15 is 0 Å². The number of hydrogen-bond acceptors (Lipinski definition) is 2. The molecule has 0 fully saturated rings. The molecule has 2 rings (SSSR count). The number of nitrogens with two attached hydrogens (primary N) is 1. The molecule has 108 valence electrons. The molecular formula is C16H15ClN2O2. The number of primary amides is 1. The van der Waals surface area contributed by atoms with E-state index in [0.29, 0.717) is 17.1 Å². The van der Waals surface area contributed by atoms with Gasteiger partial charge in [0.15, 0.2) is 0 Å². The zero-order valence-electron chi connectivity index (χ0n) is 11.3. The van der Waals surface area contributed by atoms with E-state index in [1.54, 1.807) is 42.5 Å². The molecule has 0 saturated heterocycles. The van der Waals surface area contributed by atoms with Crippen LogP contribution in [0.25, 0.3) is 0 Å². The Bertz CT molecular complexity index is 654. The van der Waals surface area contributed by atoms with Gasteiger partial charge in [0.05, 0.1) is 6.42 Å². The Morgan fingerprint density at radius 2 is 1.76 bits per heavy atom. The van der Waals surface area contributed by atoms with Crippen molar-refractivity contribution in [3.63, 3.8) is 0 Å². The van der Waals surface area contributed by atoms with Crippen molar-refractivity contribution in [3.05, 3.63) is 65.2 Å². The van der Waals surface area contributed by atoms with Gasteiger partial charge in [-0.1, -0.05) is 24.3 Å². The molecule has 0 bridgehead atoms. The fraction of sp³-hybridized carbons (Fsp3) is 0.125. The lowest BCUT2D eigenvalue weighted by Crippen LogP contribution is -2.14. The maximum Gasteiger partial charge on any atom is 0.255 e. The van der Waals surface area contributed by atoms with Gasteiger partial charge in [0, 0.05) is 17.1 Å². The van der Waals surface area contributed by atoms with Gasteiger partial charge in [-0.3, -0.25) is 9.59 Å². The SMILES string of the molecule is NC(=O)Cc1ccc(NC(=O)c2cccc(CCl)c2)cc1. The van der Waals surface area contributed by atoms with Crippen LogP contribution in [0.15, 0.2) is 48.5 Å². The van der Waals surface area contributed by atoms with Gasteiger partial charge in [-0.2, -0.15) is 0 Å². The van der Waals surface area contributed by atoms with Crippen LogP contribution in [0.3, 0.4) is 0 Å². The topological polar surface area (TPSA) is 72.2 Å². The van der Waals surface area contributed by atoms with Crippen LogP contribution < -0.4 is 11.1 Å². The first kappa shape index (κ1) is 15.1. The molecule has 0 aromatic heterocycles. The Kier molecular flexibility index (Phi) is 4.95. The van der Waals surface area contributed by atoms with E-state index in [1.807, 2.05) is 6.07 Å². The van der Waals surface area contributed by atoms with E-state index in [2.05, 4.69) is 5.32 Å². The first-order chi connectivity index (χ1) is 10.1. The summed E-state index contributed by atoms with van der Waals surface area (Å²) < 4.78 is 0. The smallest absolute Gasteiger partial charge is 0.255 e. The minimum absolute atomic E-state index is 0.187. The first-order valence-corrected chi connectivity index (χ1v) is 6.95. The Morgan fingerprint density at radius 3 is 2.38 bits per heavy atom. The number of halogens is 1. The number of hydrogen-bond donors (Lipinski definition) is 2. The lowest BCUT2D eigenvalue weighted by molar-refractivity contribution is -0.117. The van der Waals surface area contributed by atoms with Crippen LogP contribution in [0.1, 0.15) is 21.5 Å². The fourth-order valence-corrected chi connectivity index (χ4v) is 2.07. The monoisotopic (exact) mass is 302 g/mol. The summed E-state index contributed by atoms with van der Waals surface area (Å²) in [6, 6.07) is 14.1. The Labute approximate surface area is 127 Å². The van der Waals surface area contributed by atoms with E-state index in [0.717, 1.165) is 11.1 Å². The number of rotatable bonds is 5. The largest absolute Gasteiger partial charge is 0.369 e. The molecule has 21 heavy (non-hydrogen) atoms. The van der Waals surface area contributed by atoms with Crippen molar-refractivity contribution in [2.24, 2.45) is 5.73 Å². The summed E-state index contributed by atoms with van der Waals surface area (Å²) in [5.74, 6) is -0.225. The second-order valence-electron chi connectivity index (χ2n) is 4.63. The maximum absolute atomic E-state index is 12.1. The number of nitrogens with one attached hydrogen (secondary N) is 1. The molecule has 0 saturated carbocycles. The van der Waals surface area contributed by atoms with Crippen LogP contribution in [0.2, 0.25) is 0 Å². The Balaban J connectivity index is 2.06. The molecule has 0 aliphatic rings. The van der Waals surface area contributed by atoms with E-state index in [1.165, 1.54) is 0 Å². The summed E-state index contributed by atoms with van der Waals surface area (Å²) in [5.41, 5.74) is 8.03. The molecule has 4 nitrogen and oxygen atoms in total. The molecule has 2 aromatic carbocycles. The summed E-state index contributed by atoms with van der Waals surface area (Å²) in [5, 5.41) is 2.79. The third-order valence-electron chi connectivity index (χ3n) is 2.93. The highest BCUT2D eigenvalue weighted by Crippen LogP contribution is 2.13. The van der Waals surface area contributed by atoms with Crippen molar-refractivity contribution in [2.75, 3.05) is 5.32 Å². The summed E-state index contributed by atoms with van der Waals surface area (Å²) in [6.07, 6.45) is 0.187. The predicted molar refractivity (Wildman–Crippen MR) is 83.3 cm³/mol. The van der Waals surface area contributed by atoms with Crippen LogP contribution in [0, 0.1) is 0 Å². The average Bonchev–Trinajstić information content (AvgIpc) is 2.49. The van der Waals surface area contributed by atoms with Crippen LogP contribution in [-0.2, 0) is 17.1 Å². The van der Waals surface area contributed by atoms with Crippen molar-refractivity contribution in [1.29, 1.82) is 0 Å². The lowest BCUT2D eigenvalue weighted by Gasteiger charge is -2.07. The minimum Gasteiger partial charge on any atom is -0.369 e. The Hall–Kier alpha value is -2.33. The van der Waals surface area contributed by atoms with Crippen LogP contribution in [-0.4, -0.2) is 11.8 Å². The minimum atomic E-state index is -0.385. The molecule has 0 aliphatic heterocycles.